The second-order valence-corrected chi connectivity index (χ2v) is 6.99. The van der Waals surface area contributed by atoms with Gasteiger partial charge in [0.2, 0.25) is 0 Å². The molecule has 0 fully saturated rings. The first-order chi connectivity index (χ1) is 12.5. The molecule has 2 aromatic heterocycles. The predicted octanol–water partition coefficient (Wildman–Crippen LogP) is 3.86. The molecule has 5 nitrogen and oxygen atoms in total. The van der Waals surface area contributed by atoms with Gasteiger partial charge >= 0.3 is 11.9 Å². The molecule has 0 aliphatic rings. The number of hydrogen-bond donors (Lipinski definition) is 1. The molecule has 11 heteroatoms. The summed E-state index contributed by atoms with van der Waals surface area (Å²) in [6.45, 7) is 1.69. The lowest BCUT2D eigenvalue weighted by molar-refractivity contribution is -0.144. The van der Waals surface area contributed by atoms with E-state index in [9.17, 15) is 27.2 Å². The molecule has 1 N–H and O–H groups in total. The molecule has 0 bridgehead atoms. The Kier molecular flexibility index (Phi) is 4.67. The van der Waals surface area contributed by atoms with Gasteiger partial charge in [-0.2, -0.15) is 13.2 Å². The topological polar surface area (TPSA) is 59.8 Å². The summed E-state index contributed by atoms with van der Waals surface area (Å²) < 4.78 is 54.4. The van der Waals surface area contributed by atoms with E-state index in [1.165, 1.54) is 11.8 Å². The molecule has 0 unspecified atom stereocenters. The largest absolute Gasteiger partial charge is 0.431 e. The van der Waals surface area contributed by atoms with Gasteiger partial charge in [-0.3, -0.25) is 9.36 Å². The fourth-order valence-corrected chi connectivity index (χ4v) is 4.08. The van der Waals surface area contributed by atoms with Crippen molar-refractivity contribution < 1.29 is 17.6 Å². The number of aromatic nitrogens is 3. The third-order valence-corrected chi connectivity index (χ3v) is 5.34. The first-order valence-corrected chi connectivity index (χ1v) is 9.04. The third-order valence-electron chi connectivity index (χ3n) is 4.12. The highest BCUT2D eigenvalue weighted by Gasteiger charge is 2.35. The molecule has 0 spiro atoms. The average molecular weight is 422 g/mol. The van der Waals surface area contributed by atoms with Crippen molar-refractivity contribution in [3.63, 3.8) is 0 Å². The normalized spacial score (nSPS) is 12.1. The molecule has 0 atom stereocenters. The van der Waals surface area contributed by atoms with Gasteiger partial charge < -0.3 is 4.98 Å². The number of nitrogens with one attached hydrogen (secondary N) is 1. The highest BCUT2D eigenvalue weighted by atomic mass is 35.5. The van der Waals surface area contributed by atoms with Crippen LogP contribution in [0.5, 0.6) is 0 Å². The van der Waals surface area contributed by atoms with E-state index in [0.29, 0.717) is 20.5 Å². The highest BCUT2D eigenvalue weighted by molar-refractivity contribution is 7.98. The standard InChI is InChI=1S/C16H12ClF4N3O2S/c1-6-14(27-3)11-7(17)4-8(18)13(12(11)22-6)24-10(25)5-9(16(19,20)21)23(2)15(24)26/h4-5,22H,1-3H3. The zero-order valence-electron chi connectivity index (χ0n) is 14.2. The maximum absolute atomic E-state index is 14.7. The van der Waals surface area contributed by atoms with Crippen LogP contribution in [0.15, 0.2) is 26.6 Å². The Balaban J connectivity index is 2.50. The highest BCUT2D eigenvalue weighted by Crippen LogP contribution is 2.38. The molecule has 1 aromatic carbocycles. The third kappa shape index (κ3) is 2.96. The van der Waals surface area contributed by atoms with Crippen LogP contribution in [0.25, 0.3) is 16.6 Å². The number of alkyl halides is 3. The summed E-state index contributed by atoms with van der Waals surface area (Å²) >= 11 is 7.44. The summed E-state index contributed by atoms with van der Waals surface area (Å²) in [4.78, 5) is 28.4. The Bertz CT molecular complexity index is 1190. The van der Waals surface area contributed by atoms with Crippen LogP contribution in [0.1, 0.15) is 11.4 Å². The molecule has 0 radical (unpaired) electrons. The summed E-state index contributed by atoms with van der Waals surface area (Å²) in [5, 5.41) is 0.434. The van der Waals surface area contributed by atoms with Crippen molar-refractivity contribution >= 4 is 34.3 Å². The number of hydrogen-bond acceptors (Lipinski definition) is 3. The molecule has 0 aliphatic heterocycles. The summed E-state index contributed by atoms with van der Waals surface area (Å²) in [5.41, 5.74) is -3.85. The molecule has 27 heavy (non-hydrogen) atoms. The summed E-state index contributed by atoms with van der Waals surface area (Å²) in [6.07, 6.45) is -3.15. The number of nitrogens with zero attached hydrogens (tertiary/aromatic N) is 2. The van der Waals surface area contributed by atoms with Gasteiger partial charge in [-0.1, -0.05) is 11.6 Å². The van der Waals surface area contributed by atoms with Gasteiger partial charge in [0.15, 0.2) is 5.82 Å². The number of halogens is 5. The fraction of sp³-hybridized carbons (Fsp3) is 0.250. The Morgan fingerprint density at radius 1 is 1.22 bits per heavy atom. The van der Waals surface area contributed by atoms with Gasteiger partial charge in [0.1, 0.15) is 11.4 Å². The minimum Gasteiger partial charge on any atom is -0.356 e. The van der Waals surface area contributed by atoms with Gasteiger partial charge in [-0.05, 0) is 19.2 Å². The molecule has 0 saturated heterocycles. The zero-order chi connectivity index (χ0) is 20.3. The smallest absolute Gasteiger partial charge is 0.356 e. The van der Waals surface area contributed by atoms with Crippen LogP contribution in [0.3, 0.4) is 0 Å². The van der Waals surface area contributed by atoms with E-state index in [1.54, 1.807) is 13.2 Å². The average Bonchev–Trinajstić information content (AvgIpc) is 2.89. The van der Waals surface area contributed by atoms with Crippen LogP contribution in [0, 0.1) is 12.7 Å². The number of rotatable bonds is 2. The van der Waals surface area contributed by atoms with Crippen molar-refractivity contribution in [2.45, 2.75) is 18.0 Å². The van der Waals surface area contributed by atoms with E-state index < -0.39 is 34.6 Å². The van der Waals surface area contributed by atoms with Crippen LogP contribution < -0.4 is 11.2 Å². The molecule has 3 aromatic rings. The van der Waals surface area contributed by atoms with Crippen LogP contribution in [0.2, 0.25) is 5.02 Å². The second-order valence-electron chi connectivity index (χ2n) is 5.76. The predicted molar refractivity (Wildman–Crippen MR) is 95.6 cm³/mol. The molecule has 0 saturated carbocycles. The lowest BCUT2D eigenvalue weighted by Gasteiger charge is -2.15. The zero-order valence-corrected chi connectivity index (χ0v) is 15.7. The van der Waals surface area contributed by atoms with Gasteiger partial charge in [0.05, 0.1) is 10.5 Å². The lowest BCUT2D eigenvalue weighted by atomic mass is 10.2. The molecule has 3 rings (SSSR count). The maximum Gasteiger partial charge on any atom is 0.431 e. The van der Waals surface area contributed by atoms with Crippen LogP contribution in [0.4, 0.5) is 17.6 Å². The van der Waals surface area contributed by atoms with Crippen molar-refractivity contribution in [2.75, 3.05) is 6.26 Å². The summed E-state index contributed by atoms with van der Waals surface area (Å²) in [6, 6.07) is 1.18. The van der Waals surface area contributed by atoms with E-state index in [4.69, 9.17) is 11.6 Å². The number of H-pyrrole nitrogens is 1. The van der Waals surface area contributed by atoms with Crippen LogP contribution in [-0.4, -0.2) is 20.4 Å². The molecule has 0 amide bonds. The number of fused-ring (bicyclic) bond motifs is 1. The Hall–Kier alpha value is -2.20. The SMILES string of the molecule is CSc1c(C)[nH]c2c(-n3c(=O)cc(C(F)(F)F)n(C)c3=O)c(F)cc(Cl)c12. The fourth-order valence-electron chi connectivity index (χ4n) is 2.96. The Morgan fingerprint density at radius 2 is 1.85 bits per heavy atom. The summed E-state index contributed by atoms with van der Waals surface area (Å²) in [7, 11) is 0.861. The first kappa shape index (κ1) is 19.6. The minimum atomic E-state index is -4.91. The lowest BCUT2D eigenvalue weighted by Crippen LogP contribution is -2.41. The van der Waals surface area contributed by atoms with Crippen molar-refractivity contribution in [2.24, 2.45) is 7.05 Å². The number of aromatic amines is 1. The molecule has 144 valence electrons. The minimum absolute atomic E-state index is 0.0525. The van der Waals surface area contributed by atoms with Crippen molar-refractivity contribution in [1.82, 2.24) is 14.1 Å². The molecule has 0 aliphatic carbocycles. The first-order valence-electron chi connectivity index (χ1n) is 7.44. The van der Waals surface area contributed by atoms with E-state index >= 15 is 0 Å². The molecule has 2 heterocycles. The Labute approximate surface area is 158 Å². The Morgan fingerprint density at radius 3 is 2.41 bits per heavy atom. The van der Waals surface area contributed by atoms with Gasteiger partial charge in [-0.15, -0.1) is 11.8 Å². The van der Waals surface area contributed by atoms with Crippen LogP contribution in [-0.2, 0) is 13.2 Å². The monoisotopic (exact) mass is 421 g/mol. The van der Waals surface area contributed by atoms with Crippen molar-refractivity contribution in [3.05, 3.63) is 55.2 Å². The number of aryl methyl sites for hydroxylation is 1. The number of benzene rings is 1. The maximum atomic E-state index is 14.7. The van der Waals surface area contributed by atoms with E-state index in [1.807, 2.05) is 0 Å². The van der Waals surface area contributed by atoms with E-state index in [0.717, 1.165) is 13.1 Å². The summed E-state index contributed by atoms with van der Waals surface area (Å²) in [5.74, 6) is -1.01. The van der Waals surface area contributed by atoms with Crippen molar-refractivity contribution in [3.8, 4) is 5.69 Å². The van der Waals surface area contributed by atoms with Gasteiger partial charge in [0.25, 0.3) is 5.56 Å². The van der Waals surface area contributed by atoms with Gasteiger partial charge in [-0.25, -0.2) is 13.8 Å². The number of thioether (sulfide) groups is 1. The second kappa shape index (κ2) is 6.45. The van der Waals surface area contributed by atoms with E-state index in [2.05, 4.69) is 4.98 Å². The van der Waals surface area contributed by atoms with Crippen molar-refractivity contribution in [1.29, 1.82) is 0 Å². The van der Waals surface area contributed by atoms with Gasteiger partial charge in [0, 0.05) is 29.1 Å². The van der Waals surface area contributed by atoms with E-state index in [-0.39, 0.29) is 21.2 Å². The molecular formula is C16H12ClF4N3O2S. The van der Waals surface area contributed by atoms with Crippen LogP contribution >= 0.6 is 23.4 Å². The molecular weight excluding hydrogens is 410 g/mol. The quantitative estimate of drug-likeness (QED) is 0.505.